The number of nitrogens with zero attached hydrogens (tertiary/aromatic N) is 2. The first kappa shape index (κ1) is 11.8. The molecule has 6 heteroatoms. The number of halogens is 2. The number of alkyl halides is 2. The summed E-state index contributed by atoms with van der Waals surface area (Å²) < 4.78 is 35.3. The lowest BCUT2D eigenvalue weighted by Crippen LogP contribution is -2.07. The zero-order valence-corrected chi connectivity index (χ0v) is 9.27. The van der Waals surface area contributed by atoms with E-state index in [9.17, 15) is 8.78 Å². The first-order valence-corrected chi connectivity index (χ1v) is 5.11. The molecule has 0 aliphatic heterocycles. The number of fused-ring (bicyclic) bond motifs is 1. The molecule has 0 aliphatic rings. The van der Waals surface area contributed by atoms with Crippen molar-refractivity contribution in [2.45, 2.75) is 13.2 Å². The van der Waals surface area contributed by atoms with Gasteiger partial charge in [0.25, 0.3) is 0 Å². The van der Waals surface area contributed by atoms with Crippen LogP contribution < -0.4 is 4.74 Å². The van der Waals surface area contributed by atoms with Gasteiger partial charge in [0, 0.05) is 7.11 Å². The van der Waals surface area contributed by atoms with Crippen LogP contribution in [0.4, 0.5) is 8.78 Å². The molecular formula is C11H12F2N2O2. The van der Waals surface area contributed by atoms with Crippen LogP contribution in [0.3, 0.4) is 0 Å². The topological polar surface area (TPSA) is 36.3 Å². The van der Waals surface area contributed by atoms with E-state index < -0.39 is 6.61 Å². The predicted molar refractivity (Wildman–Crippen MR) is 58.2 cm³/mol. The van der Waals surface area contributed by atoms with E-state index in [0.29, 0.717) is 18.5 Å². The molecule has 0 aliphatic carbocycles. The molecule has 0 saturated heterocycles. The molecule has 0 spiro atoms. The Hall–Kier alpha value is -1.69. The molecule has 0 N–H and O–H groups in total. The molecule has 0 radical (unpaired) electrons. The average Bonchev–Trinajstić information content (AvgIpc) is 2.65. The van der Waals surface area contributed by atoms with Crippen LogP contribution in [0.1, 0.15) is 0 Å². The SMILES string of the molecule is COCCn1nc(OC(F)F)c2ccccc21. The standard InChI is InChI=1S/C11H12F2N2O2/c1-16-7-6-15-9-5-3-2-4-8(9)10(14-15)17-11(12)13/h2-5,11H,6-7H2,1H3. The molecule has 0 unspecified atom stereocenters. The number of rotatable bonds is 5. The van der Waals surface area contributed by atoms with Gasteiger partial charge in [-0.25, -0.2) is 0 Å². The smallest absolute Gasteiger partial charge is 0.388 e. The maximum Gasteiger partial charge on any atom is 0.388 e. The Morgan fingerprint density at radius 2 is 2.12 bits per heavy atom. The third-order valence-corrected chi connectivity index (χ3v) is 2.33. The van der Waals surface area contributed by atoms with Gasteiger partial charge in [0.15, 0.2) is 0 Å². The molecule has 17 heavy (non-hydrogen) atoms. The highest BCUT2D eigenvalue weighted by atomic mass is 19.3. The van der Waals surface area contributed by atoms with Gasteiger partial charge in [0.05, 0.1) is 24.1 Å². The summed E-state index contributed by atoms with van der Waals surface area (Å²) in [4.78, 5) is 0. The Labute approximate surface area is 96.7 Å². The lowest BCUT2D eigenvalue weighted by molar-refractivity contribution is -0.0522. The minimum absolute atomic E-state index is 0.0493. The van der Waals surface area contributed by atoms with E-state index in [4.69, 9.17) is 4.74 Å². The number of hydrogen-bond acceptors (Lipinski definition) is 3. The van der Waals surface area contributed by atoms with Gasteiger partial charge in [0.2, 0.25) is 5.88 Å². The van der Waals surface area contributed by atoms with Crippen LogP contribution in [0.5, 0.6) is 5.88 Å². The molecule has 1 aromatic heterocycles. The van der Waals surface area contributed by atoms with Crippen molar-refractivity contribution in [2.24, 2.45) is 0 Å². The fraction of sp³-hybridized carbons (Fsp3) is 0.364. The summed E-state index contributed by atoms with van der Waals surface area (Å²) >= 11 is 0. The number of para-hydroxylation sites is 1. The summed E-state index contributed by atoms with van der Waals surface area (Å²) in [6, 6.07) is 7.07. The minimum Gasteiger partial charge on any atom is -0.415 e. The minimum atomic E-state index is -2.87. The fourth-order valence-corrected chi connectivity index (χ4v) is 1.62. The fourth-order valence-electron chi connectivity index (χ4n) is 1.62. The van der Waals surface area contributed by atoms with Crippen LogP contribution in [0.15, 0.2) is 24.3 Å². The van der Waals surface area contributed by atoms with Gasteiger partial charge in [-0.1, -0.05) is 12.1 Å². The van der Waals surface area contributed by atoms with Gasteiger partial charge in [-0.2, -0.15) is 8.78 Å². The third-order valence-electron chi connectivity index (χ3n) is 2.33. The molecule has 0 amide bonds. The van der Waals surface area contributed by atoms with E-state index in [1.54, 1.807) is 30.0 Å². The van der Waals surface area contributed by atoms with E-state index in [1.165, 1.54) is 0 Å². The number of benzene rings is 1. The van der Waals surface area contributed by atoms with E-state index in [-0.39, 0.29) is 5.88 Å². The second kappa shape index (κ2) is 5.09. The van der Waals surface area contributed by atoms with Crippen molar-refractivity contribution in [1.29, 1.82) is 0 Å². The predicted octanol–water partition coefficient (Wildman–Crippen LogP) is 2.28. The zero-order valence-electron chi connectivity index (χ0n) is 9.27. The van der Waals surface area contributed by atoms with Crippen molar-refractivity contribution in [3.05, 3.63) is 24.3 Å². The molecule has 4 nitrogen and oxygen atoms in total. The van der Waals surface area contributed by atoms with Crippen LogP contribution in [0.2, 0.25) is 0 Å². The third kappa shape index (κ3) is 2.52. The maximum absolute atomic E-state index is 12.2. The first-order valence-electron chi connectivity index (χ1n) is 5.11. The molecule has 2 aromatic rings. The van der Waals surface area contributed by atoms with Gasteiger partial charge in [-0.05, 0) is 12.1 Å². The van der Waals surface area contributed by atoms with E-state index >= 15 is 0 Å². The molecule has 92 valence electrons. The highest BCUT2D eigenvalue weighted by molar-refractivity contribution is 5.84. The Kier molecular flexibility index (Phi) is 3.53. The van der Waals surface area contributed by atoms with Crippen LogP contribution in [-0.4, -0.2) is 30.1 Å². The molecule has 0 atom stereocenters. The summed E-state index contributed by atoms with van der Waals surface area (Å²) in [5, 5.41) is 4.57. The van der Waals surface area contributed by atoms with Crippen LogP contribution >= 0.6 is 0 Å². The largest absolute Gasteiger partial charge is 0.415 e. The van der Waals surface area contributed by atoms with Crippen LogP contribution in [-0.2, 0) is 11.3 Å². The Morgan fingerprint density at radius 1 is 1.35 bits per heavy atom. The Bertz CT molecular complexity index is 499. The maximum atomic E-state index is 12.2. The molecule has 0 saturated carbocycles. The lowest BCUT2D eigenvalue weighted by Gasteiger charge is -2.01. The molecule has 1 aromatic carbocycles. The normalized spacial score (nSPS) is 11.3. The quantitative estimate of drug-likeness (QED) is 0.807. The number of ether oxygens (including phenoxy) is 2. The number of aromatic nitrogens is 2. The van der Waals surface area contributed by atoms with E-state index in [0.717, 1.165) is 5.52 Å². The van der Waals surface area contributed by atoms with Crippen LogP contribution in [0, 0.1) is 0 Å². The van der Waals surface area contributed by atoms with Crippen molar-refractivity contribution in [3.63, 3.8) is 0 Å². The Morgan fingerprint density at radius 3 is 2.82 bits per heavy atom. The van der Waals surface area contributed by atoms with Gasteiger partial charge >= 0.3 is 6.61 Å². The van der Waals surface area contributed by atoms with Gasteiger partial charge in [-0.15, -0.1) is 5.10 Å². The zero-order chi connectivity index (χ0) is 12.3. The van der Waals surface area contributed by atoms with Crippen molar-refractivity contribution in [3.8, 4) is 5.88 Å². The number of hydrogen-bond donors (Lipinski definition) is 0. The summed E-state index contributed by atoms with van der Waals surface area (Å²) in [6.07, 6.45) is 0. The van der Waals surface area contributed by atoms with Gasteiger partial charge < -0.3 is 9.47 Å². The Balaban J connectivity index is 2.39. The monoisotopic (exact) mass is 242 g/mol. The summed E-state index contributed by atoms with van der Waals surface area (Å²) in [5.74, 6) is -0.0493. The second-order valence-corrected chi connectivity index (χ2v) is 3.42. The summed E-state index contributed by atoms with van der Waals surface area (Å²) in [5.41, 5.74) is 0.750. The van der Waals surface area contributed by atoms with Gasteiger partial charge in [0.1, 0.15) is 0 Å². The van der Waals surface area contributed by atoms with Crippen molar-refractivity contribution >= 4 is 10.9 Å². The highest BCUT2D eigenvalue weighted by Crippen LogP contribution is 2.25. The van der Waals surface area contributed by atoms with E-state index in [2.05, 4.69) is 9.84 Å². The van der Waals surface area contributed by atoms with Crippen molar-refractivity contribution in [1.82, 2.24) is 9.78 Å². The average molecular weight is 242 g/mol. The van der Waals surface area contributed by atoms with Crippen molar-refractivity contribution in [2.75, 3.05) is 13.7 Å². The molecule has 0 bridgehead atoms. The highest BCUT2D eigenvalue weighted by Gasteiger charge is 2.14. The molecule has 0 fully saturated rings. The lowest BCUT2D eigenvalue weighted by atomic mass is 10.2. The van der Waals surface area contributed by atoms with E-state index in [1.807, 2.05) is 6.07 Å². The second-order valence-electron chi connectivity index (χ2n) is 3.42. The summed E-state index contributed by atoms with van der Waals surface area (Å²) in [6.45, 7) is -1.92. The number of methoxy groups -OCH3 is 1. The molecule has 1 heterocycles. The molecule has 2 rings (SSSR count). The van der Waals surface area contributed by atoms with Crippen molar-refractivity contribution < 1.29 is 18.3 Å². The molecular weight excluding hydrogens is 230 g/mol. The first-order chi connectivity index (χ1) is 8.22. The summed E-state index contributed by atoms with van der Waals surface area (Å²) in [7, 11) is 1.57. The van der Waals surface area contributed by atoms with Crippen LogP contribution in [0.25, 0.3) is 10.9 Å². The van der Waals surface area contributed by atoms with Gasteiger partial charge in [-0.3, -0.25) is 4.68 Å².